The number of hydrogen-bond acceptors (Lipinski definition) is 4. The van der Waals surface area contributed by atoms with Crippen LogP contribution in [0.15, 0.2) is 24.3 Å². The second-order valence-electron chi connectivity index (χ2n) is 7.12. The van der Waals surface area contributed by atoms with Crippen molar-refractivity contribution in [3.63, 3.8) is 0 Å². The lowest BCUT2D eigenvalue weighted by atomic mass is 9.91. The molecule has 1 aliphatic carbocycles. The molecule has 2 fully saturated rings. The highest BCUT2D eigenvalue weighted by molar-refractivity contribution is 5.86. The first-order chi connectivity index (χ1) is 12.0. The van der Waals surface area contributed by atoms with E-state index in [0.717, 1.165) is 11.3 Å². The van der Waals surface area contributed by atoms with Gasteiger partial charge in [-0.25, -0.2) is 0 Å². The fourth-order valence-corrected chi connectivity index (χ4v) is 3.11. The molecule has 1 saturated carbocycles. The number of carbonyl (C=O) groups is 2. The molecule has 0 unspecified atom stereocenters. The van der Waals surface area contributed by atoms with Gasteiger partial charge >= 0.3 is 0 Å². The second-order valence-corrected chi connectivity index (χ2v) is 7.12. The molecule has 136 valence electrons. The summed E-state index contributed by atoms with van der Waals surface area (Å²) in [6.07, 6.45) is 3.42. The molecule has 1 aromatic rings. The Kier molecular flexibility index (Phi) is 5.27. The summed E-state index contributed by atoms with van der Waals surface area (Å²) in [7, 11) is 0. The molecule has 25 heavy (non-hydrogen) atoms. The number of β-amino-alcohol motifs (C(OH)–C–C–N with tert-alkyl or cyclic N) is 1. The van der Waals surface area contributed by atoms with Crippen molar-refractivity contribution in [1.82, 2.24) is 10.2 Å². The summed E-state index contributed by atoms with van der Waals surface area (Å²) in [5.41, 5.74) is -0.632. The normalized spacial score (nSPS) is 23.2. The maximum Gasteiger partial charge on any atom is 0.254 e. The minimum absolute atomic E-state index is 0.0496. The molecule has 2 aliphatic rings. The predicted octanol–water partition coefficient (Wildman–Crippen LogP) is 1.46. The summed E-state index contributed by atoms with van der Waals surface area (Å²) in [4.78, 5) is 25.6. The molecule has 6 nitrogen and oxygen atoms in total. The lowest BCUT2D eigenvalue weighted by Gasteiger charge is -2.37. The molecule has 1 aliphatic heterocycles. The molecule has 1 saturated heterocycles. The van der Waals surface area contributed by atoms with Crippen LogP contribution in [0.4, 0.5) is 0 Å². The van der Waals surface area contributed by atoms with Crippen molar-refractivity contribution in [2.75, 3.05) is 19.7 Å². The number of aliphatic hydroxyl groups is 1. The minimum Gasteiger partial charge on any atom is -0.493 e. The Labute approximate surface area is 148 Å². The lowest BCUT2D eigenvalue weighted by molar-refractivity contribution is -0.150. The van der Waals surface area contributed by atoms with Gasteiger partial charge in [-0.2, -0.15) is 0 Å². The molecular weight excluding hydrogens is 320 g/mol. The lowest BCUT2D eigenvalue weighted by Crippen LogP contribution is -2.57. The number of amides is 2. The maximum atomic E-state index is 12.5. The summed E-state index contributed by atoms with van der Waals surface area (Å²) in [6.45, 7) is 3.10. The Morgan fingerprint density at radius 2 is 2.12 bits per heavy atom. The van der Waals surface area contributed by atoms with Crippen LogP contribution >= 0.6 is 0 Å². The van der Waals surface area contributed by atoms with Gasteiger partial charge in [0.05, 0.1) is 13.2 Å². The van der Waals surface area contributed by atoms with Crippen molar-refractivity contribution >= 4 is 11.8 Å². The van der Waals surface area contributed by atoms with E-state index in [-0.39, 0.29) is 12.5 Å². The smallest absolute Gasteiger partial charge is 0.254 e. The fraction of sp³-hybridized carbons (Fsp3) is 0.579. The number of nitrogens with zero attached hydrogens (tertiary/aromatic N) is 1. The van der Waals surface area contributed by atoms with Crippen LogP contribution in [0.2, 0.25) is 0 Å². The van der Waals surface area contributed by atoms with Gasteiger partial charge in [-0.15, -0.1) is 0 Å². The zero-order chi connectivity index (χ0) is 17.9. The standard InChI is InChI=1S/C19H26N2O4/c1-14(22)21-10-4-9-19(24,13-21)18(23)20-11-16-5-2-3-6-17(16)25-12-15-7-8-15/h2-3,5-6,15,24H,4,7-13H2,1H3,(H,20,23)/t19-/m0/s1. The number of piperidine rings is 1. The van der Waals surface area contributed by atoms with Gasteiger partial charge < -0.3 is 20.1 Å². The van der Waals surface area contributed by atoms with E-state index in [1.807, 2.05) is 24.3 Å². The monoisotopic (exact) mass is 346 g/mol. The van der Waals surface area contributed by atoms with Crippen molar-refractivity contribution in [3.8, 4) is 5.75 Å². The first-order valence-electron chi connectivity index (χ1n) is 8.95. The molecule has 0 aromatic heterocycles. The number of benzene rings is 1. The summed E-state index contributed by atoms with van der Waals surface area (Å²) in [5.74, 6) is 0.874. The third kappa shape index (κ3) is 4.51. The topological polar surface area (TPSA) is 78.9 Å². The predicted molar refractivity (Wildman–Crippen MR) is 92.9 cm³/mol. The molecule has 2 N–H and O–H groups in total. The van der Waals surface area contributed by atoms with Gasteiger partial charge in [-0.05, 0) is 37.7 Å². The average molecular weight is 346 g/mol. The van der Waals surface area contributed by atoms with E-state index in [1.165, 1.54) is 24.7 Å². The summed E-state index contributed by atoms with van der Waals surface area (Å²) >= 11 is 0. The highest BCUT2D eigenvalue weighted by atomic mass is 16.5. The number of rotatable bonds is 6. The molecule has 2 amide bonds. The van der Waals surface area contributed by atoms with Crippen LogP contribution in [-0.2, 0) is 16.1 Å². The summed E-state index contributed by atoms with van der Waals surface area (Å²) < 4.78 is 5.85. The number of carbonyl (C=O) groups excluding carboxylic acids is 2. The van der Waals surface area contributed by atoms with Gasteiger partial charge in [0, 0.05) is 25.6 Å². The zero-order valence-corrected chi connectivity index (χ0v) is 14.7. The molecule has 1 atom stereocenters. The first-order valence-corrected chi connectivity index (χ1v) is 8.95. The molecule has 3 rings (SSSR count). The van der Waals surface area contributed by atoms with Crippen LogP contribution in [0.3, 0.4) is 0 Å². The first kappa shape index (κ1) is 17.7. The van der Waals surface area contributed by atoms with E-state index < -0.39 is 11.5 Å². The van der Waals surface area contributed by atoms with Crippen LogP contribution in [0, 0.1) is 5.92 Å². The Bertz CT molecular complexity index is 644. The molecular formula is C19H26N2O4. The Hall–Kier alpha value is -2.08. The SMILES string of the molecule is CC(=O)N1CCC[C@@](O)(C(=O)NCc2ccccc2OCC2CC2)C1. The molecule has 1 heterocycles. The molecule has 0 bridgehead atoms. The average Bonchev–Trinajstić information content (AvgIpc) is 3.43. The van der Waals surface area contributed by atoms with E-state index >= 15 is 0 Å². The fourth-order valence-electron chi connectivity index (χ4n) is 3.11. The number of para-hydroxylation sites is 1. The van der Waals surface area contributed by atoms with Gasteiger partial charge in [0.1, 0.15) is 5.75 Å². The van der Waals surface area contributed by atoms with Gasteiger partial charge in [0.2, 0.25) is 5.91 Å². The largest absolute Gasteiger partial charge is 0.493 e. The molecule has 6 heteroatoms. The van der Waals surface area contributed by atoms with Crippen LogP contribution < -0.4 is 10.1 Å². The van der Waals surface area contributed by atoms with Gasteiger partial charge in [0.15, 0.2) is 5.60 Å². The second kappa shape index (κ2) is 7.44. The van der Waals surface area contributed by atoms with Crippen molar-refractivity contribution in [2.45, 2.75) is 44.8 Å². The number of hydrogen-bond donors (Lipinski definition) is 2. The third-order valence-electron chi connectivity index (χ3n) is 4.92. The summed E-state index contributed by atoms with van der Waals surface area (Å²) in [6, 6.07) is 7.62. The molecule has 1 aromatic carbocycles. The molecule has 0 spiro atoms. The highest BCUT2D eigenvalue weighted by Gasteiger charge is 2.40. The highest BCUT2D eigenvalue weighted by Crippen LogP contribution is 2.30. The Balaban J connectivity index is 1.59. The van der Waals surface area contributed by atoms with Crippen molar-refractivity contribution in [3.05, 3.63) is 29.8 Å². The number of nitrogens with one attached hydrogen (secondary N) is 1. The van der Waals surface area contributed by atoms with Crippen LogP contribution in [0.1, 0.15) is 38.2 Å². The number of likely N-dealkylation sites (tertiary alicyclic amines) is 1. The van der Waals surface area contributed by atoms with Crippen LogP contribution in [0.25, 0.3) is 0 Å². The summed E-state index contributed by atoms with van der Waals surface area (Å²) in [5, 5.41) is 13.5. The van der Waals surface area contributed by atoms with Gasteiger partial charge in [0.25, 0.3) is 5.91 Å². The van der Waals surface area contributed by atoms with E-state index in [2.05, 4.69) is 5.32 Å². The van der Waals surface area contributed by atoms with E-state index in [9.17, 15) is 14.7 Å². The third-order valence-corrected chi connectivity index (χ3v) is 4.92. The van der Waals surface area contributed by atoms with E-state index in [4.69, 9.17) is 4.74 Å². The van der Waals surface area contributed by atoms with E-state index in [1.54, 1.807) is 0 Å². The van der Waals surface area contributed by atoms with Gasteiger partial charge in [-0.3, -0.25) is 9.59 Å². The molecule has 0 radical (unpaired) electrons. The quantitative estimate of drug-likeness (QED) is 0.817. The van der Waals surface area contributed by atoms with E-state index in [0.29, 0.717) is 38.5 Å². The Morgan fingerprint density at radius 3 is 2.84 bits per heavy atom. The van der Waals surface area contributed by atoms with Gasteiger partial charge in [-0.1, -0.05) is 18.2 Å². The maximum absolute atomic E-state index is 12.5. The van der Waals surface area contributed by atoms with Crippen LogP contribution in [-0.4, -0.2) is 47.1 Å². The van der Waals surface area contributed by atoms with Crippen LogP contribution in [0.5, 0.6) is 5.75 Å². The minimum atomic E-state index is -1.52. The Morgan fingerprint density at radius 1 is 1.36 bits per heavy atom. The number of ether oxygens (including phenoxy) is 1. The van der Waals surface area contributed by atoms with Crippen molar-refractivity contribution in [2.24, 2.45) is 5.92 Å². The van der Waals surface area contributed by atoms with Crippen molar-refractivity contribution < 1.29 is 19.4 Å². The zero-order valence-electron chi connectivity index (χ0n) is 14.7. The van der Waals surface area contributed by atoms with Crippen molar-refractivity contribution in [1.29, 1.82) is 0 Å².